The molecule has 1 aliphatic heterocycles. The lowest BCUT2D eigenvalue weighted by atomic mass is 10.1. The van der Waals surface area contributed by atoms with Gasteiger partial charge in [-0.25, -0.2) is 9.59 Å². The molecule has 0 radical (unpaired) electrons. The number of halogens is 6. The summed E-state index contributed by atoms with van der Waals surface area (Å²) >= 11 is 0. The van der Waals surface area contributed by atoms with E-state index in [4.69, 9.17) is 19.8 Å². The number of fused-ring (bicyclic) bond motifs is 2. The summed E-state index contributed by atoms with van der Waals surface area (Å²) in [6.45, 7) is 4.10. The summed E-state index contributed by atoms with van der Waals surface area (Å²) in [4.78, 5) is 25.9. The van der Waals surface area contributed by atoms with Crippen molar-refractivity contribution in [2.24, 2.45) is 0 Å². The molecular formula is C23H27F6N5O4. The molecule has 0 spiro atoms. The van der Waals surface area contributed by atoms with Crippen molar-refractivity contribution >= 4 is 22.8 Å². The molecule has 0 saturated carbocycles. The molecule has 1 aromatic carbocycles. The van der Waals surface area contributed by atoms with E-state index in [0.29, 0.717) is 6.04 Å². The SMILES string of the molecule is CN(C)CCC1CN(Cc2cccc3[nH]ccc23)Cc2ccnn21.O=C(O)C(F)(F)F.O=C(O)C(F)(F)F. The van der Waals surface area contributed by atoms with Gasteiger partial charge in [0.2, 0.25) is 0 Å². The average molecular weight is 551 g/mol. The maximum absolute atomic E-state index is 10.6. The van der Waals surface area contributed by atoms with Gasteiger partial charge in [-0.3, -0.25) is 9.58 Å². The van der Waals surface area contributed by atoms with E-state index in [2.05, 4.69) is 69.0 Å². The highest BCUT2D eigenvalue weighted by atomic mass is 19.4. The monoisotopic (exact) mass is 551 g/mol. The van der Waals surface area contributed by atoms with Gasteiger partial charge in [-0.15, -0.1) is 0 Å². The summed E-state index contributed by atoms with van der Waals surface area (Å²) in [5, 5.41) is 20.2. The lowest BCUT2D eigenvalue weighted by molar-refractivity contribution is -0.193. The van der Waals surface area contributed by atoms with Gasteiger partial charge >= 0.3 is 24.3 Å². The second-order valence-electron chi connectivity index (χ2n) is 8.64. The minimum absolute atomic E-state index is 0.455. The third-order valence-corrected chi connectivity index (χ3v) is 5.43. The van der Waals surface area contributed by atoms with E-state index in [-0.39, 0.29) is 0 Å². The van der Waals surface area contributed by atoms with Crippen LogP contribution in [0.2, 0.25) is 0 Å². The molecule has 0 bridgehead atoms. The Kier molecular flexibility index (Phi) is 10.3. The number of carbonyl (C=O) groups is 2. The molecule has 0 saturated heterocycles. The third-order valence-electron chi connectivity index (χ3n) is 5.43. The van der Waals surface area contributed by atoms with Gasteiger partial charge in [-0.1, -0.05) is 12.1 Å². The van der Waals surface area contributed by atoms with E-state index in [9.17, 15) is 26.3 Å². The number of alkyl halides is 6. The van der Waals surface area contributed by atoms with Crippen LogP contribution in [0.1, 0.15) is 23.7 Å². The minimum Gasteiger partial charge on any atom is -0.475 e. The van der Waals surface area contributed by atoms with E-state index in [1.807, 2.05) is 12.4 Å². The summed E-state index contributed by atoms with van der Waals surface area (Å²) < 4.78 is 65.7. The lowest BCUT2D eigenvalue weighted by Gasteiger charge is -2.34. The van der Waals surface area contributed by atoms with Gasteiger partial charge in [0.1, 0.15) is 0 Å². The number of aromatic amines is 1. The Morgan fingerprint density at radius 1 is 1.05 bits per heavy atom. The fourth-order valence-electron chi connectivity index (χ4n) is 3.74. The molecule has 1 unspecified atom stereocenters. The maximum atomic E-state index is 10.6. The Morgan fingerprint density at radius 3 is 2.21 bits per heavy atom. The molecule has 15 heteroatoms. The molecule has 0 amide bonds. The van der Waals surface area contributed by atoms with Crippen molar-refractivity contribution < 1.29 is 46.1 Å². The van der Waals surface area contributed by atoms with E-state index >= 15 is 0 Å². The molecule has 2 aromatic heterocycles. The number of nitrogens with zero attached hydrogens (tertiary/aromatic N) is 4. The predicted octanol–water partition coefficient (Wildman–Crippen LogP) is 4.14. The zero-order valence-corrected chi connectivity index (χ0v) is 20.4. The first kappa shape index (κ1) is 30.6. The van der Waals surface area contributed by atoms with Gasteiger partial charge < -0.3 is 20.1 Å². The number of hydrogen-bond donors (Lipinski definition) is 3. The van der Waals surface area contributed by atoms with Crippen LogP contribution in [0.15, 0.2) is 42.7 Å². The Morgan fingerprint density at radius 2 is 1.66 bits per heavy atom. The van der Waals surface area contributed by atoms with Crippen molar-refractivity contribution in [3.8, 4) is 0 Å². The van der Waals surface area contributed by atoms with E-state index < -0.39 is 24.3 Å². The summed E-state index contributed by atoms with van der Waals surface area (Å²) in [6, 6.07) is 11.3. The molecule has 0 fully saturated rings. The Bertz CT molecular complexity index is 1180. The molecule has 3 N–H and O–H groups in total. The minimum atomic E-state index is -5.08. The fraction of sp³-hybridized carbons (Fsp3) is 0.435. The largest absolute Gasteiger partial charge is 0.490 e. The molecule has 1 atom stereocenters. The summed E-state index contributed by atoms with van der Waals surface area (Å²) in [7, 11) is 4.27. The standard InChI is InChI=1S/C19H25N5.2C2HF3O2/c1-22(2)11-8-17-14-23(13-16-6-10-21-24(16)17)12-15-4-3-5-19-18(15)7-9-20-19;2*3-2(4,5)1(6)7/h3-7,9-10,17,20H,8,11-14H2,1-2H3;2*(H,6,7). The van der Waals surface area contributed by atoms with Gasteiger partial charge in [0.15, 0.2) is 0 Å². The third kappa shape index (κ3) is 9.06. The van der Waals surface area contributed by atoms with Crippen LogP contribution in [-0.4, -0.2) is 86.3 Å². The van der Waals surface area contributed by atoms with Crippen molar-refractivity contribution in [1.29, 1.82) is 0 Å². The molecule has 9 nitrogen and oxygen atoms in total. The second kappa shape index (κ2) is 12.8. The number of carboxylic acid groups (broad SMARTS) is 2. The van der Waals surface area contributed by atoms with Crippen LogP contribution in [0.5, 0.6) is 0 Å². The van der Waals surface area contributed by atoms with Crippen LogP contribution >= 0.6 is 0 Å². The van der Waals surface area contributed by atoms with Gasteiger partial charge in [-0.05, 0) is 50.8 Å². The molecule has 4 rings (SSSR count). The number of carboxylic acids is 2. The number of hydrogen-bond acceptors (Lipinski definition) is 5. The second-order valence-corrected chi connectivity index (χ2v) is 8.64. The highest BCUT2D eigenvalue weighted by Gasteiger charge is 2.38. The number of rotatable bonds is 5. The van der Waals surface area contributed by atoms with E-state index in [1.54, 1.807) is 0 Å². The molecule has 1 aliphatic rings. The molecule has 3 heterocycles. The maximum Gasteiger partial charge on any atom is 0.490 e. The van der Waals surface area contributed by atoms with Gasteiger partial charge in [0, 0.05) is 42.9 Å². The molecular weight excluding hydrogens is 524 g/mol. The zero-order chi connectivity index (χ0) is 28.7. The van der Waals surface area contributed by atoms with Crippen LogP contribution in [0, 0.1) is 0 Å². The van der Waals surface area contributed by atoms with Crippen LogP contribution in [0.4, 0.5) is 26.3 Å². The van der Waals surface area contributed by atoms with Crippen molar-refractivity contribution in [3.05, 3.63) is 54.0 Å². The average Bonchev–Trinajstić information content (AvgIpc) is 3.47. The molecule has 3 aromatic rings. The van der Waals surface area contributed by atoms with Crippen LogP contribution < -0.4 is 0 Å². The van der Waals surface area contributed by atoms with Crippen molar-refractivity contribution in [1.82, 2.24) is 24.6 Å². The van der Waals surface area contributed by atoms with Crippen LogP contribution in [0.3, 0.4) is 0 Å². The number of aromatic nitrogens is 3. The first-order valence-corrected chi connectivity index (χ1v) is 11.1. The van der Waals surface area contributed by atoms with Crippen LogP contribution in [-0.2, 0) is 22.7 Å². The van der Waals surface area contributed by atoms with Crippen molar-refractivity contribution in [3.63, 3.8) is 0 Å². The van der Waals surface area contributed by atoms with Crippen LogP contribution in [0.25, 0.3) is 10.9 Å². The number of H-pyrrole nitrogens is 1. The van der Waals surface area contributed by atoms with Crippen molar-refractivity contribution in [2.75, 3.05) is 27.2 Å². The topological polar surface area (TPSA) is 115 Å². The Balaban J connectivity index is 0.000000301. The molecule has 38 heavy (non-hydrogen) atoms. The summed E-state index contributed by atoms with van der Waals surface area (Å²) in [5.74, 6) is -5.51. The highest BCUT2D eigenvalue weighted by Crippen LogP contribution is 2.26. The normalized spacial score (nSPS) is 15.8. The zero-order valence-electron chi connectivity index (χ0n) is 20.4. The number of aliphatic carboxylic acids is 2. The quantitative estimate of drug-likeness (QED) is 0.409. The Labute approximate surface area is 213 Å². The molecule has 210 valence electrons. The van der Waals surface area contributed by atoms with Gasteiger partial charge in [-0.2, -0.15) is 31.4 Å². The summed E-state index contributed by atoms with van der Waals surface area (Å²) in [6.07, 6.45) is -5.07. The lowest BCUT2D eigenvalue weighted by Crippen LogP contribution is -2.38. The van der Waals surface area contributed by atoms with Crippen molar-refractivity contribution in [2.45, 2.75) is 37.9 Å². The van der Waals surface area contributed by atoms with E-state index in [1.165, 1.54) is 22.2 Å². The first-order valence-electron chi connectivity index (χ1n) is 11.1. The number of benzene rings is 1. The summed E-state index contributed by atoms with van der Waals surface area (Å²) in [5.41, 5.74) is 3.94. The smallest absolute Gasteiger partial charge is 0.475 e. The number of nitrogens with one attached hydrogen (secondary N) is 1. The highest BCUT2D eigenvalue weighted by molar-refractivity contribution is 5.82. The predicted molar refractivity (Wildman–Crippen MR) is 124 cm³/mol. The van der Waals surface area contributed by atoms with Gasteiger partial charge in [0.05, 0.1) is 11.7 Å². The molecule has 0 aliphatic carbocycles. The van der Waals surface area contributed by atoms with Gasteiger partial charge in [0.25, 0.3) is 0 Å². The first-order chi connectivity index (χ1) is 17.6. The Hall–Kier alpha value is -3.59. The van der Waals surface area contributed by atoms with E-state index in [0.717, 1.165) is 32.6 Å². The fourth-order valence-corrected chi connectivity index (χ4v) is 3.74.